The Kier molecular flexibility index (Phi) is 5.56. The number of rotatable bonds is 5. The maximum absolute atomic E-state index is 5.93. The molecule has 6 nitrogen and oxygen atoms in total. The monoisotopic (exact) mass is 424 g/mol. The molecule has 0 amide bonds. The van der Waals surface area contributed by atoms with Gasteiger partial charge in [-0.1, -0.05) is 30.8 Å². The number of benzene rings is 1. The maximum Gasteiger partial charge on any atom is 0.160 e. The van der Waals surface area contributed by atoms with E-state index in [1.54, 1.807) is 7.11 Å². The van der Waals surface area contributed by atoms with Crippen LogP contribution < -0.4 is 9.64 Å². The molecule has 1 aromatic carbocycles. The zero-order valence-corrected chi connectivity index (χ0v) is 18.3. The third-order valence-electron chi connectivity index (χ3n) is 6.24. The molecule has 7 heteroatoms. The number of hydrogen-bond donors (Lipinski definition) is 0. The van der Waals surface area contributed by atoms with Crippen LogP contribution in [-0.4, -0.2) is 60.3 Å². The summed E-state index contributed by atoms with van der Waals surface area (Å²) in [4.78, 5) is 14.7. The van der Waals surface area contributed by atoms with Gasteiger partial charge in [0.25, 0.3) is 0 Å². The van der Waals surface area contributed by atoms with Crippen LogP contribution in [0.4, 0.5) is 5.69 Å². The summed E-state index contributed by atoms with van der Waals surface area (Å²) in [6, 6.07) is 13.3. The molecule has 158 valence electrons. The Labute approximate surface area is 182 Å². The third kappa shape index (κ3) is 3.44. The first-order valence-electron chi connectivity index (χ1n) is 10.7. The number of anilines is 1. The summed E-state index contributed by atoms with van der Waals surface area (Å²) in [5.41, 5.74) is 3.39. The second-order valence-electron chi connectivity index (χ2n) is 7.86. The number of pyridine rings is 1. The van der Waals surface area contributed by atoms with Crippen LogP contribution in [0.25, 0.3) is 0 Å². The summed E-state index contributed by atoms with van der Waals surface area (Å²) in [5.74, 6) is 2.02. The minimum Gasteiger partial charge on any atom is -0.496 e. The standard InChI is InChI=1S/C23H28N4O2S/c1-3-16-15-30-23-25-21(19-6-4-5-9-24-19)22(27(16)23)18-8-7-17(14-20(18)28-2)26-10-12-29-13-11-26/h4-9,14,16,21-22H,3,10-13,15H2,1-2H3. The fourth-order valence-electron chi connectivity index (χ4n) is 4.65. The number of thioether (sulfide) groups is 1. The van der Waals surface area contributed by atoms with Crippen LogP contribution in [-0.2, 0) is 4.74 Å². The molecule has 1 aromatic heterocycles. The molecule has 2 aromatic rings. The number of hydrogen-bond acceptors (Lipinski definition) is 7. The molecule has 2 fully saturated rings. The lowest BCUT2D eigenvalue weighted by Gasteiger charge is -2.34. The van der Waals surface area contributed by atoms with E-state index in [2.05, 4.69) is 46.0 Å². The fraction of sp³-hybridized carbons (Fsp3) is 0.478. The lowest BCUT2D eigenvalue weighted by atomic mass is 9.94. The smallest absolute Gasteiger partial charge is 0.160 e. The van der Waals surface area contributed by atoms with Gasteiger partial charge in [0.1, 0.15) is 11.8 Å². The van der Waals surface area contributed by atoms with Crippen molar-refractivity contribution < 1.29 is 9.47 Å². The van der Waals surface area contributed by atoms with E-state index < -0.39 is 0 Å². The van der Waals surface area contributed by atoms with Gasteiger partial charge in [0.2, 0.25) is 0 Å². The fourth-order valence-corrected chi connectivity index (χ4v) is 5.99. The first kappa shape index (κ1) is 19.7. The SMILES string of the molecule is CCC1CSC2=NC(c3ccccn3)C(c3ccc(N4CCOCC4)cc3OC)N21. The molecule has 0 spiro atoms. The Morgan fingerprint density at radius 2 is 2.07 bits per heavy atom. The van der Waals surface area contributed by atoms with Crippen molar-refractivity contribution in [3.8, 4) is 5.75 Å². The van der Waals surface area contributed by atoms with E-state index in [-0.39, 0.29) is 12.1 Å². The van der Waals surface area contributed by atoms with Gasteiger partial charge in [0.15, 0.2) is 5.17 Å². The van der Waals surface area contributed by atoms with Crippen LogP contribution in [0, 0.1) is 0 Å². The van der Waals surface area contributed by atoms with Crippen molar-refractivity contribution in [1.82, 2.24) is 9.88 Å². The highest BCUT2D eigenvalue weighted by Gasteiger charge is 2.46. The predicted molar refractivity (Wildman–Crippen MR) is 122 cm³/mol. The second kappa shape index (κ2) is 8.47. The van der Waals surface area contributed by atoms with E-state index in [1.807, 2.05) is 30.1 Å². The van der Waals surface area contributed by atoms with Crippen LogP contribution >= 0.6 is 11.8 Å². The predicted octanol–water partition coefficient (Wildman–Crippen LogP) is 3.91. The first-order valence-corrected chi connectivity index (χ1v) is 11.7. The third-order valence-corrected chi connectivity index (χ3v) is 7.37. The van der Waals surface area contributed by atoms with Crippen LogP contribution in [0.2, 0.25) is 0 Å². The number of morpholine rings is 1. The summed E-state index contributed by atoms with van der Waals surface area (Å²) >= 11 is 1.87. The molecule has 0 N–H and O–H groups in total. The molecular formula is C23H28N4O2S. The molecule has 0 aliphatic carbocycles. The van der Waals surface area contributed by atoms with E-state index >= 15 is 0 Å². The van der Waals surface area contributed by atoms with Gasteiger partial charge in [0, 0.05) is 48.4 Å². The van der Waals surface area contributed by atoms with Crippen molar-refractivity contribution in [2.75, 3.05) is 44.1 Å². The van der Waals surface area contributed by atoms with E-state index in [1.165, 1.54) is 11.3 Å². The minimum atomic E-state index is -0.0220. The summed E-state index contributed by atoms with van der Waals surface area (Å²) < 4.78 is 11.4. The largest absolute Gasteiger partial charge is 0.496 e. The van der Waals surface area contributed by atoms with Gasteiger partial charge in [-0.25, -0.2) is 0 Å². The van der Waals surface area contributed by atoms with Crippen LogP contribution in [0.3, 0.4) is 0 Å². The van der Waals surface area contributed by atoms with Crippen molar-refractivity contribution in [2.45, 2.75) is 31.5 Å². The Balaban J connectivity index is 1.55. The average molecular weight is 425 g/mol. The molecule has 5 rings (SSSR count). The molecule has 3 aliphatic rings. The Morgan fingerprint density at radius 3 is 2.80 bits per heavy atom. The van der Waals surface area contributed by atoms with Crippen molar-refractivity contribution in [2.24, 2.45) is 4.99 Å². The quantitative estimate of drug-likeness (QED) is 0.726. The van der Waals surface area contributed by atoms with Gasteiger partial charge < -0.3 is 19.3 Å². The average Bonchev–Trinajstić information content (AvgIpc) is 3.39. The number of aromatic nitrogens is 1. The van der Waals surface area contributed by atoms with Crippen LogP contribution in [0.5, 0.6) is 5.75 Å². The van der Waals surface area contributed by atoms with E-state index in [4.69, 9.17) is 14.5 Å². The zero-order chi connectivity index (χ0) is 20.5. The summed E-state index contributed by atoms with van der Waals surface area (Å²) in [6.07, 6.45) is 2.96. The molecule has 4 heterocycles. The highest BCUT2D eigenvalue weighted by atomic mass is 32.2. The highest BCUT2D eigenvalue weighted by Crippen LogP contribution is 2.50. The lowest BCUT2D eigenvalue weighted by molar-refractivity contribution is 0.122. The number of fused-ring (bicyclic) bond motifs is 1. The van der Waals surface area contributed by atoms with E-state index in [9.17, 15) is 0 Å². The molecule has 30 heavy (non-hydrogen) atoms. The Morgan fingerprint density at radius 1 is 1.20 bits per heavy atom. The number of nitrogens with zero attached hydrogens (tertiary/aromatic N) is 4. The van der Waals surface area contributed by atoms with Gasteiger partial charge in [-0.2, -0.15) is 0 Å². The molecular weight excluding hydrogens is 396 g/mol. The molecule has 3 unspecified atom stereocenters. The number of ether oxygens (including phenoxy) is 2. The maximum atomic E-state index is 5.93. The molecule has 0 saturated carbocycles. The van der Waals surface area contributed by atoms with Gasteiger partial charge in [-0.3, -0.25) is 9.98 Å². The van der Waals surface area contributed by atoms with Crippen molar-refractivity contribution >= 4 is 22.6 Å². The lowest BCUT2D eigenvalue weighted by Crippen LogP contribution is -2.36. The molecule has 2 saturated heterocycles. The van der Waals surface area contributed by atoms with E-state index in [0.29, 0.717) is 6.04 Å². The van der Waals surface area contributed by atoms with E-state index in [0.717, 1.165) is 55.1 Å². The number of methoxy groups -OCH3 is 1. The number of amidine groups is 1. The van der Waals surface area contributed by atoms with Gasteiger partial charge >= 0.3 is 0 Å². The number of aliphatic imine (C=N–C) groups is 1. The van der Waals surface area contributed by atoms with Crippen molar-refractivity contribution in [3.05, 3.63) is 53.9 Å². The van der Waals surface area contributed by atoms with Crippen molar-refractivity contribution in [3.63, 3.8) is 0 Å². The second-order valence-corrected chi connectivity index (χ2v) is 8.85. The van der Waals surface area contributed by atoms with Crippen molar-refractivity contribution in [1.29, 1.82) is 0 Å². The zero-order valence-electron chi connectivity index (χ0n) is 17.5. The van der Waals surface area contributed by atoms with Crippen LogP contribution in [0.1, 0.15) is 36.7 Å². The van der Waals surface area contributed by atoms with Crippen LogP contribution in [0.15, 0.2) is 47.6 Å². The Hall–Kier alpha value is -2.25. The molecule has 0 bridgehead atoms. The minimum absolute atomic E-state index is 0.0220. The normalized spacial score (nSPS) is 25.9. The molecule has 0 radical (unpaired) electrons. The molecule has 3 atom stereocenters. The summed E-state index contributed by atoms with van der Waals surface area (Å²) in [6.45, 7) is 5.63. The molecule has 3 aliphatic heterocycles. The first-order chi connectivity index (χ1) is 14.8. The van der Waals surface area contributed by atoms with Gasteiger partial charge in [0.05, 0.1) is 32.1 Å². The summed E-state index contributed by atoms with van der Waals surface area (Å²) in [7, 11) is 1.77. The topological polar surface area (TPSA) is 50.2 Å². The Bertz CT molecular complexity index is 917. The summed E-state index contributed by atoms with van der Waals surface area (Å²) in [5, 5.41) is 1.14. The van der Waals surface area contributed by atoms with Gasteiger partial charge in [-0.15, -0.1) is 0 Å². The van der Waals surface area contributed by atoms with Gasteiger partial charge in [-0.05, 0) is 24.6 Å². The highest BCUT2D eigenvalue weighted by molar-refractivity contribution is 8.14.